The van der Waals surface area contributed by atoms with Crippen LogP contribution in [0, 0.1) is 6.92 Å². The molecule has 7 nitrogen and oxygen atoms in total. The van der Waals surface area contributed by atoms with Crippen molar-refractivity contribution in [2.45, 2.75) is 13.8 Å². The van der Waals surface area contributed by atoms with Gasteiger partial charge in [0.05, 0.1) is 0 Å². The molecule has 0 radical (unpaired) electrons. The SMILES string of the molecule is CC(=O)c1cccc(C(=O)Nc2nnnn2C)c1C. The Morgan fingerprint density at radius 1 is 1.26 bits per heavy atom. The molecule has 1 heterocycles. The number of tetrazole rings is 1. The van der Waals surface area contributed by atoms with E-state index in [0.29, 0.717) is 16.7 Å². The number of carbonyl (C=O) groups is 2. The number of hydrogen-bond donors (Lipinski definition) is 1. The van der Waals surface area contributed by atoms with Gasteiger partial charge in [-0.25, -0.2) is 4.68 Å². The van der Waals surface area contributed by atoms with Crippen molar-refractivity contribution in [1.82, 2.24) is 20.2 Å². The monoisotopic (exact) mass is 259 g/mol. The standard InChI is InChI=1S/C12H13N5O2/c1-7-9(8(2)18)5-4-6-10(7)11(19)13-12-14-15-16-17(12)3/h4-6H,1-3H3,(H,13,14,16,19). The smallest absolute Gasteiger partial charge is 0.258 e. The summed E-state index contributed by atoms with van der Waals surface area (Å²) in [5, 5.41) is 13.3. The van der Waals surface area contributed by atoms with E-state index in [1.165, 1.54) is 11.6 Å². The third-order valence-corrected chi connectivity index (χ3v) is 2.80. The molecule has 2 aromatic rings. The first-order valence-electron chi connectivity index (χ1n) is 5.65. The fourth-order valence-electron chi connectivity index (χ4n) is 1.77. The van der Waals surface area contributed by atoms with Gasteiger partial charge < -0.3 is 0 Å². The van der Waals surface area contributed by atoms with Crippen molar-refractivity contribution < 1.29 is 9.59 Å². The third-order valence-electron chi connectivity index (χ3n) is 2.80. The highest BCUT2D eigenvalue weighted by Gasteiger charge is 2.15. The highest BCUT2D eigenvalue weighted by molar-refractivity contribution is 6.07. The molecule has 0 aliphatic rings. The first kappa shape index (κ1) is 12.9. The maximum Gasteiger partial charge on any atom is 0.258 e. The average molecular weight is 259 g/mol. The van der Waals surface area contributed by atoms with Crippen LogP contribution >= 0.6 is 0 Å². The van der Waals surface area contributed by atoms with Crippen LogP contribution in [0.5, 0.6) is 0 Å². The Hall–Kier alpha value is -2.57. The van der Waals surface area contributed by atoms with Crippen LogP contribution in [0.15, 0.2) is 18.2 Å². The number of Topliss-reactive ketones (excluding diaryl/α,β-unsaturated/α-hetero) is 1. The summed E-state index contributed by atoms with van der Waals surface area (Å²) < 4.78 is 1.35. The van der Waals surface area contributed by atoms with Gasteiger partial charge in [0.2, 0.25) is 5.95 Å². The van der Waals surface area contributed by atoms with E-state index in [9.17, 15) is 9.59 Å². The number of nitrogens with zero attached hydrogens (tertiary/aromatic N) is 4. The number of ketones is 1. The molecule has 1 amide bonds. The summed E-state index contributed by atoms with van der Waals surface area (Å²) in [6, 6.07) is 5.02. The molecule has 0 atom stereocenters. The van der Waals surface area contributed by atoms with Crippen molar-refractivity contribution in [3.8, 4) is 0 Å². The quantitative estimate of drug-likeness (QED) is 0.829. The number of nitrogens with one attached hydrogen (secondary N) is 1. The highest BCUT2D eigenvalue weighted by atomic mass is 16.2. The number of amides is 1. The summed E-state index contributed by atoms with van der Waals surface area (Å²) >= 11 is 0. The summed E-state index contributed by atoms with van der Waals surface area (Å²) in [6.45, 7) is 3.21. The fraction of sp³-hybridized carbons (Fsp3) is 0.250. The minimum Gasteiger partial charge on any atom is -0.295 e. The van der Waals surface area contributed by atoms with Crippen molar-refractivity contribution in [3.05, 3.63) is 34.9 Å². The lowest BCUT2D eigenvalue weighted by atomic mass is 9.99. The van der Waals surface area contributed by atoms with Crippen LogP contribution in [-0.4, -0.2) is 31.9 Å². The maximum absolute atomic E-state index is 12.1. The van der Waals surface area contributed by atoms with E-state index in [4.69, 9.17) is 0 Å². The normalized spacial score (nSPS) is 10.3. The lowest BCUT2D eigenvalue weighted by Gasteiger charge is -2.08. The number of anilines is 1. The van der Waals surface area contributed by atoms with Gasteiger partial charge in [0.25, 0.3) is 5.91 Å². The van der Waals surface area contributed by atoms with E-state index in [1.54, 1.807) is 32.2 Å². The lowest BCUT2D eigenvalue weighted by Crippen LogP contribution is -2.17. The summed E-state index contributed by atoms with van der Waals surface area (Å²) in [6.07, 6.45) is 0. The molecule has 0 aliphatic heterocycles. The Kier molecular flexibility index (Phi) is 3.37. The van der Waals surface area contributed by atoms with Crippen molar-refractivity contribution >= 4 is 17.6 Å². The van der Waals surface area contributed by atoms with Crippen LogP contribution in [0.4, 0.5) is 5.95 Å². The van der Waals surface area contributed by atoms with Gasteiger partial charge in [0, 0.05) is 18.2 Å². The number of carbonyl (C=O) groups excluding carboxylic acids is 2. The summed E-state index contributed by atoms with van der Waals surface area (Å²) in [7, 11) is 1.62. The van der Waals surface area contributed by atoms with Gasteiger partial charge in [-0.3, -0.25) is 14.9 Å². The van der Waals surface area contributed by atoms with Crippen LogP contribution in [-0.2, 0) is 7.05 Å². The predicted octanol–water partition coefficient (Wildman–Crippen LogP) is 0.973. The molecule has 2 rings (SSSR count). The first-order chi connectivity index (χ1) is 9.00. The molecular formula is C12H13N5O2. The average Bonchev–Trinajstić information content (AvgIpc) is 2.74. The lowest BCUT2D eigenvalue weighted by molar-refractivity contribution is 0.101. The van der Waals surface area contributed by atoms with Gasteiger partial charge in [-0.05, 0) is 35.9 Å². The highest BCUT2D eigenvalue weighted by Crippen LogP contribution is 2.15. The van der Waals surface area contributed by atoms with Gasteiger partial charge >= 0.3 is 0 Å². The zero-order valence-electron chi connectivity index (χ0n) is 10.8. The van der Waals surface area contributed by atoms with E-state index >= 15 is 0 Å². The molecule has 0 unspecified atom stereocenters. The van der Waals surface area contributed by atoms with Crippen LogP contribution in [0.2, 0.25) is 0 Å². The number of rotatable bonds is 3. The summed E-state index contributed by atoms with van der Waals surface area (Å²) in [5.74, 6) is -0.177. The molecule has 0 saturated heterocycles. The molecular weight excluding hydrogens is 246 g/mol. The molecule has 1 aromatic carbocycles. The molecule has 0 spiro atoms. The maximum atomic E-state index is 12.1. The van der Waals surface area contributed by atoms with Gasteiger partial charge in [0.1, 0.15) is 0 Å². The summed E-state index contributed by atoms with van der Waals surface area (Å²) in [4.78, 5) is 23.6. The number of aryl methyl sites for hydroxylation is 1. The topological polar surface area (TPSA) is 89.8 Å². The van der Waals surface area contributed by atoms with E-state index in [-0.39, 0.29) is 17.6 Å². The van der Waals surface area contributed by atoms with Crippen molar-refractivity contribution in [2.24, 2.45) is 7.05 Å². The predicted molar refractivity (Wildman–Crippen MR) is 67.9 cm³/mol. The molecule has 19 heavy (non-hydrogen) atoms. The largest absolute Gasteiger partial charge is 0.295 e. The fourth-order valence-corrected chi connectivity index (χ4v) is 1.77. The van der Waals surface area contributed by atoms with E-state index in [0.717, 1.165) is 0 Å². The van der Waals surface area contributed by atoms with Crippen LogP contribution in [0.1, 0.15) is 33.2 Å². The second-order valence-corrected chi connectivity index (χ2v) is 4.11. The number of benzene rings is 1. The van der Waals surface area contributed by atoms with E-state index in [2.05, 4.69) is 20.8 Å². The molecule has 0 bridgehead atoms. The van der Waals surface area contributed by atoms with Gasteiger partial charge in [0.15, 0.2) is 5.78 Å². The zero-order chi connectivity index (χ0) is 14.0. The van der Waals surface area contributed by atoms with Crippen molar-refractivity contribution in [1.29, 1.82) is 0 Å². The Labute approximate surface area is 109 Å². The molecule has 0 aliphatic carbocycles. The van der Waals surface area contributed by atoms with Crippen molar-refractivity contribution in [3.63, 3.8) is 0 Å². The Bertz CT molecular complexity index is 647. The van der Waals surface area contributed by atoms with Gasteiger partial charge in [-0.2, -0.15) is 0 Å². The van der Waals surface area contributed by atoms with Crippen molar-refractivity contribution in [2.75, 3.05) is 5.32 Å². The minimum absolute atomic E-state index is 0.0764. The second-order valence-electron chi connectivity index (χ2n) is 4.11. The first-order valence-corrected chi connectivity index (χ1v) is 5.65. The minimum atomic E-state index is -0.349. The number of hydrogen-bond acceptors (Lipinski definition) is 5. The molecule has 1 N–H and O–H groups in total. The molecule has 0 saturated carbocycles. The molecule has 98 valence electrons. The van der Waals surface area contributed by atoms with Crippen LogP contribution in [0.25, 0.3) is 0 Å². The molecule has 1 aromatic heterocycles. The van der Waals surface area contributed by atoms with E-state index in [1.807, 2.05) is 0 Å². The van der Waals surface area contributed by atoms with Crippen LogP contribution < -0.4 is 5.32 Å². The Morgan fingerprint density at radius 3 is 2.53 bits per heavy atom. The van der Waals surface area contributed by atoms with E-state index < -0.39 is 0 Å². The summed E-state index contributed by atoms with van der Waals surface area (Å²) in [5.41, 5.74) is 1.60. The number of aromatic nitrogens is 4. The Balaban J connectivity index is 2.32. The zero-order valence-corrected chi connectivity index (χ0v) is 10.8. The third kappa shape index (κ3) is 2.49. The Morgan fingerprint density at radius 2 is 1.95 bits per heavy atom. The van der Waals surface area contributed by atoms with Gasteiger partial charge in [-0.15, -0.1) is 0 Å². The van der Waals surface area contributed by atoms with Crippen LogP contribution in [0.3, 0.4) is 0 Å². The second kappa shape index (κ2) is 4.97. The molecule has 0 fully saturated rings. The van der Waals surface area contributed by atoms with Gasteiger partial charge in [-0.1, -0.05) is 17.2 Å². The molecule has 7 heteroatoms.